The molecule has 1 aliphatic carbocycles. The number of hydrogen-bond donors (Lipinski definition) is 2. The SMILES string of the molecule is CCCCCCNC(=O)[C@H](N)CC1CCCCC1. The van der Waals surface area contributed by atoms with Gasteiger partial charge >= 0.3 is 0 Å². The molecule has 0 saturated heterocycles. The predicted molar refractivity (Wildman–Crippen MR) is 76.3 cm³/mol. The van der Waals surface area contributed by atoms with E-state index in [-0.39, 0.29) is 11.9 Å². The van der Waals surface area contributed by atoms with Crippen LogP contribution in [0, 0.1) is 5.92 Å². The van der Waals surface area contributed by atoms with Crippen LogP contribution in [0.3, 0.4) is 0 Å². The van der Waals surface area contributed by atoms with Gasteiger partial charge in [0.05, 0.1) is 6.04 Å². The minimum Gasteiger partial charge on any atom is -0.355 e. The van der Waals surface area contributed by atoms with E-state index in [9.17, 15) is 4.79 Å². The highest BCUT2D eigenvalue weighted by Gasteiger charge is 2.20. The van der Waals surface area contributed by atoms with Crippen LogP contribution in [0.25, 0.3) is 0 Å². The highest BCUT2D eigenvalue weighted by molar-refractivity contribution is 5.81. The minimum absolute atomic E-state index is 0.0528. The van der Waals surface area contributed by atoms with Gasteiger partial charge in [0.15, 0.2) is 0 Å². The molecule has 0 radical (unpaired) electrons. The van der Waals surface area contributed by atoms with Gasteiger partial charge in [-0.2, -0.15) is 0 Å². The van der Waals surface area contributed by atoms with Gasteiger partial charge in [0.2, 0.25) is 5.91 Å². The second kappa shape index (κ2) is 9.37. The Hall–Kier alpha value is -0.570. The molecule has 0 heterocycles. The van der Waals surface area contributed by atoms with Gasteiger partial charge in [0.25, 0.3) is 0 Å². The lowest BCUT2D eigenvalue weighted by Gasteiger charge is -2.24. The fourth-order valence-electron chi connectivity index (χ4n) is 2.78. The molecule has 1 aliphatic rings. The van der Waals surface area contributed by atoms with E-state index in [1.165, 1.54) is 51.4 Å². The summed E-state index contributed by atoms with van der Waals surface area (Å²) in [4.78, 5) is 11.8. The lowest BCUT2D eigenvalue weighted by Crippen LogP contribution is -2.42. The molecule has 0 aliphatic heterocycles. The van der Waals surface area contributed by atoms with Crippen LogP contribution in [-0.2, 0) is 4.79 Å². The van der Waals surface area contributed by atoms with Crippen LogP contribution in [0.1, 0.15) is 71.1 Å². The molecule has 1 atom stereocenters. The molecule has 3 N–H and O–H groups in total. The maximum atomic E-state index is 11.8. The largest absolute Gasteiger partial charge is 0.355 e. The smallest absolute Gasteiger partial charge is 0.236 e. The minimum atomic E-state index is -0.292. The first-order chi connectivity index (χ1) is 8.74. The second-order valence-corrected chi connectivity index (χ2v) is 5.70. The van der Waals surface area contributed by atoms with Crippen LogP contribution in [0.5, 0.6) is 0 Å². The molecule has 1 fully saturated rings. The molecule has 1 rings (SSSR count). The van der Waals surface area contributed by atoms with Crippen molar-refractivity contribution in [2.45, 2.75) is 77.2 Å². The van der Waals surface area contributed by atoms with Crippen molar-refractivity contribution in [1.29, 1.82) is 0 Å². The molecular formula is C15H30N2O. The van der Waals surface area contributed by atoms with Gasteiger partial charge in [-0.15, -0.1) is 0 Å². The van der Waals surface area contributed by atoms with Crippen LogP contribution in [0.4, 0.5) is 0 Å². The van der Waals surface area contributed by atoms with Crippen molar-refractivity contribution in [3.05, 3.63) is 0 Å². The Balaban J connectivity index is 2.08. The number of nitrogens with two attached hydrogens (primary N) is 1. The molecule has 106 valence electrons. The van der Waals surface area contributed by atoms with Crippen molar-refractivity contribution in [2.75, 3.05) is 6.54 Å². The zero-order valence-electron chi connectivity index (χ0n) is 11.9. The summed E-state index contributed by atoms with van der Waals surface area (Å²) in [6.45, 7) is 2.98. The first-order valence-corrected chi connectivity index (χ1v) is 7.77. The topological polar surface area (TPSA) is 55.1 Å². The van der Waals surface area contributed by atoms with E-state index in [0.29, 0.717) is 5.92 Å². The number of amides is 1. The Morgan fingerprint density at radius 3 is 2.61 bits per heavy atom. The summed E-state index contributed by atoms with van der Waals surface area (Å²) in [6, 6.07) is -0.292. The summed E-state index contributed by atoms with van der Waals surface area (Å²) in [5.74, 6) is 0.733. The van der Waals surface area contributed by atoms with E-state index in [2.05, 4.69) is 12.2 Å². The standard InChI is InChI=1S/C15H30N2O/c1-2-3-4-8-11-17-15(18)14(16)12-13-9-6-5-7-10-13/h13-14H,2-12,16H2,1H3,(H,17,18)/t14-/m1/s1. The van der Waals surface area contributed by atoms with Crippen LogP contribution in [-0.4, -0.2) is 18.5 Å². The number of rotatable bonds is 8. The molecule has 0 unspecified atom stereocenters. The third kappa shape index (κ3) is 6.39. The Morgan fingerprint density at radius 1 is 1.22 bits per heavy atom. The normalized spacial score (nSPS) is 18.6. The molecule has 1 amide bonds. The van der Waals surface area contributed by atoms with Crippen LogP contribution >= 0.6 is 0 Å². The quantitative estimate of drug-likeness (QED) is 0.654. The maximum absolute atomic E-state index is 11.8. The number of unbranched alkanes of at least 4 members (excludes halogenated alkanes) is 3. The molecule has 0 aromatic rings. The molecule has 0 aromatic heterocycles. The number of carbonyl (C=O) groups is 1. The average Bonchev–Trinajstić information content (AvgIpc) is 2.39. The van der Waals surface area contributed by atoms with Gasteiger partial charge in [-0.05, 0) is 18.8 Å². The lowest BCUT2D eigenvalue weighted by molar-refractivity contribution is -0.122. The monoisotopic (exact) mass is 254 g/mol. The van der Waals surface area contributed by atoms with E-state index >= 15 is 0 Å². The summed E-state index contributed by atoms with van der Waals surface area (Å²) >= 11 is 0. The van der Waals surface area contributed by atoms with Crippen molar-refractivity contribution < 1.29 is 4.79 Å². The number of nitrogens with one attached hydrogen (secondary N) is 1. The Morgan fingerprint density at radius 2 is 1.94 bits per heavy atom. The van der Waals surface area contributed by atoms with E-state index in [4.69, 9.17) is 5.73 Å². The van der Waals surface area contributed by atoms with Crippen LogP contribution in [0.15, 0.2) is 0 Å². The average molecular weight is 254 g/mol. The molecule has 0 aromatic carbocycles. The molecular weight excluding hydrogens is 224 g/mol. The van der Waals surface area contributed by atoms with Gasteiger partial charge < -0.3 is 11.1 Å². The van der Waals surface area contributed by atoms with Crippen molar-refractivity contribution in [1.82, 2.24) is 5.32 Å². The third-order valence-electron chi connectivity index (χ3n) is 3.98. The van der Waals surface area contributed by atoms with E-state index in [1.807, 2.05) is 0 Å². The van der Waals surface area contributed by atoms with Gasteiger partial charge in [-0.3, -0.25) is 4.79 Å². The first-order valence-electron chi connectivity index (χ1n) is 7.77. The molecule has 3 nitrogen and oxygen atoms in total. The van der Waals surface area contributed by atoms with E-state index < -0.39 is 0 Å². The van der Waals surface area contributed by atoms with E-state index in [1.54, 1.807) is 0 Å². The predicted octanol–water partition coefficient (Wildman–Crippen LogP) is 2.98. The van der Waals surface area contributed by atoms with Crippen molar-refractivity contribution in [2.24, 2.45) is 11.7 Å². The summed E-state index contributed by atoms with van der Waals surface area (Å²) in [5.41, 5.74) is 5.98. The van der Waals surface area contributed by atoms with Gasteiger partial charge in [-0.25, -0.2) is 0 Å². The Bertz CT molecular complexity index is 225. The second-order valence-electron chi connectivity index (χ2n) is 5.70. The van der Waals surface area contributed by atoms with E-state index in [0.717, 1.165) is 19.4 Å². The van der Waals surface area contributed by atoms with Gasteiger partial charge in [0, 0.05) is 6.54 Å². The van der Waals surface area contributed by atoms with Crippen LogP contribution < -0.4 is 11.1 Å². The zero-order valence-corrected chi connectivity index (χ0v) is 11.9. The number of hydrogen-bond acceptors (Lipinski definition) is 2. The Kier molecular flexibility index (Phi) is 8.06. The molecule has 1 saturated carbocycles. The highest BCUT2D eigenvalue weighted by Crippen LogP contribution is 2.26. The summed E-state index contributed by atoms with van der Waals surface area (Å²) in [7, 11) is 0. The summed E-state index contributed by atoms with van der Waals surface area (Å²) < 4.78 is 0. The molecule has 3 heteroatoms. The fourth-order valence-corrected chi connectivity index (χ4v) is 2.78. The molecule has 0 bridgehead atoms. The van der Waals surface area contributed by atoms with Crippen molar-refractivity contribution in [3.63, 3.8) is 0 Å². The third-order valence-corrected chi connectivity index (χ3v) is 3.98. The molecule has 0 spiro atoms. The Labute approximate surface area is 112 Å². The van der Waals surface area contributed by atoms with Gasteiger partial charge in [0.1, 0.15) is 0 Å². The van der Waals surface area contributed by atoms with Crippen LogP contribution in [0.2, 0.25) is 0 Å². The lowest BCUT2D eigenvalue weighted by atomic mass is 9.85. The molecule has 18 heavy (non-hydrogen) atoms. The van der Waals surface area contributed by atoms with Gasteiger partial charge in [-0.1, -0.05) is 58.3 Å². The maximum Gasteiger partial charge on any atom is 0.236 e. The number of carbonyl (C=O) groups excluding carboxylic acids is 1. The van der Waals surface area contributed by atoms with Crippen molar-refractivity contribution in [3.8, 4) is 0 Å². The van der Waals surface area contributed by atoms with Crippen molar-refractivity contribution >= 4 is 5.91 Å². The summed E-state index contributed by atoms with van der Waals surface area (Å²) in [5, 5.41) is 2.97. The summed E-state index contributed by atoms with van der Waals surface area (Å²) in [6.07, 6.45) is 12.2. The first kappa shape index (κ1) is 15.5. The fraction of sp³-hybridized carbons (Fsp3) is 0.933. The highest BCUT2D eigenvalue weighted by atomic mass is 16.2. The zero-order chi connectivity index (χ0) is 13.2.